The maximum Gasteiger partial charge on any atom is 0.151 e. The second kappa shape index (κ2) is 4.68. The number of benzene rings is 1. The van der Waals surface area contributed by atoms with Gasteiger partial charge in [0.05, 0.1) is 17.8 Å². The predicted molar refractivity (Wildman–Crippen MR) is 74.3 cm³/mol. The van der Waals surface area contributed by atoms with Crippen molar-refractivity contribution in [3.05, 3.63) is 23.3 Å². The van der Waals surface area contributed by atoms with E-state index in [1.807, 2.05) is 26.8 Å². The zero-order chi connectivity index (χ0) is 14.2. The molecule has 1 aromatic carbocycles. The summed E-state index contributed by atoms with van der Waals surface area (Å²) in [7, 11) is 0. The molecule has 4 heteroatoms. The summed E-state index contributed by atoms with van der Waals surface area (Å²) in [6, 6.07) is 3.57. The molecule has 0 amide bonds. The Hall–Kier alpha value is -1.84. The number of aryl methyl sites for hydroxylation is 1. The molecule has 1 heterocycles. The molecule has 0 aliphatic carbocycles. The zero-order valence-corrected chi connectivity index (χ0v) is 11.8. The Morgan fingerprint density at radius 2 is 2.16 bits per heavy atom. The van der Waals surface area contributed by atoms with Crippen molar-refractivity contribution < 1.29 is 14.6 Å². The van der Waals surface area contributed by atoms with Gasteiger partial charge < -0.3 is 9.84 Å². The standard InChI is InChI=1S/C15H19NO3/c1-9-5-12(18)14-11(16-8-10(2)17)7-15(3,4)19-13(14)6-9/h5-6,18H,7-8H2,1-4H3. The lowest BCUT2D eigenvalue weighted by atomic mass is 9.91. The van der Waals surface area contributed by atoms with Crippen LogP contribution < -0.4 is 4.74 Å². The van der Waals surface area contributed by atoms with Crippen LogP contribution in [0.25, 0.3) is 0 Å². The molecule has 1 N–H and O–H groups in total. The van der Waals surface area contributed by atoms with E-state index in [1.54, 1.807) is 6.07 Å². The quantitative estimate of drug-likeness (QED) is 0.890. The zero-order valence-electron chi connectivity index (χ0n) is 11.8. The molecule has 0 aromatic heterocycles. The molecule has 19 heavy (non-hydrogen) atoms. The number of fused-ring (bicyclic) bond motifs is 1. The van der Waals surface area contributed by atoms with Crippen LogP contribution in [0, 0.1) is 6.92 Å². The first-order chi connectivity index (χ1) is 8.78. The van der Waals surface area contributed by atoms with Gasteiger partial charge in [-0.1, -0.05) is 0 Å². The van der Waals surface area contributed by atoms with Crippen LogP contribution in [0.2, 0.25) is 0 Å². The van der Waals surface area contributed by atoms with Gasteiger partial charge in [0.1, 0.15) is 17.1 Å². The van der Waals surface area contributed by atoms with Crippen molar-refractivity contribution in [2.24, 2.45) is 4.99 Å². The molecule has 0 bridgehead atoms. The number of Topliss-reactive ketones (excluding diaryl/α,β-unsaturated/α-hetero) is 1. The van der Waals surface area contributed by atoms with Gasteiger partial charge >= 0.3 is 0 Å². The second-order valence-corrected chi connectivity index (χ2v) is 5.66. The van der Waals surface area contributed by atoms with Crippen molar-refractivity contribution in [3.8, 4) is 11.5 Å². The maximum atomic E-state index is 11.1. The number of nitrogens with zero attached hydrogens (tertiary/aromatic N) is 1. The summed E-state index contributed by atoms with van der Waals surface area (Å²) in [5, 5.41) is 10.1. The monoisotopic (exact) mass is 261 g/mol. The van der Waals surface area contributed by atoms with Crippen molar-refractivity contribution in [2.45, 2.75) is 39.7 Å². The summed E-state index contributed by atoms with van der Waals surface area (Å²) < 4.78 is 5.89. The first-order valence-corrected chi connectivity index (χ1v) is 6.34. The van der Waals surface area contributed by atoms with Crippen LogP contribution in [0.15, 0.2) is 17.1 Å². The van der Waals surface area contributed by atoms with Crippen molar-refractivity contribution in [3.63, 3.8) is 0 Å². The third-order valence-corrected chi connectivity index (χ3v) is 2.99. The van der Waals surface area contributed by atoms with Gasteiger partial charge in [-0.3, -0.25) is 9.79 Å². The van der Waals surface area contributed by atoms with E-state index >= 15 is 0 Å². The number of ketones is 1. The van der Waals surface area contributed by atoms with Crippen LogP contribution in [0.5, 0.6) is 11.5 Å². The Morgan fingerprint density at radius 3 is 2.79 bits per heavy atom. The molecular weight excluding hydrogens is 242 g/mol. The van der Waals surface area contributed by atoms with Crippen molar-refractivity contribution in [1.82, 2.24) is 0 Å². The lowest BCUT2D eigenvalue weighted by molar-refractivity contribution is -0.115. The summed E-state index contributed by atoms with van der Waals surface area (Å²) in [5.41, 5.74) is 1.90. The molecule has 4 nitrogen and oxygen atoms in total. The van der Waals surface area contributed by atoms with E-state index in [0.29, 0.717) is 17.7 Å². The smallest absolute Gasteiger partial charge is 0.151 e. The molecule has 0 saturated heterocycles. The minimum absolute atomic E-state index is 0.00458. The highest BCUT2D eigenvalue weighted by Gasteiger charge is 2.33. The number of phenols is 1. The highest BCUT2D eigenvalue weighted by molar-refractivity contribution is 6.07. The molecular formula is C15H19NO3. The minimum Gasteiger partial charge on any atom is -0.507 e. The van der Waals surface area contributed by atoms with Crippen LogP contribution in [-0.4, -0.2) is 28.7 Å². The number of aromatic hydroxyl groups is 1. The first kappa shape index (κ1) is 13.6. The molecule has 0 fully saturated rings. The van der Waals surface area contributed by atoms with Gasteiger partial charge in [0.15, 0.2) is 5.78 Å². The lowest BCUT2D eigenvalue weighted by Crippen LogP contribution is -2.36. The fourth-order valence-electron chi connectivity index (χ4n) is 2.27. The Labute approximate surface area is 113 Å². The van der Waals surface area contributed by atoms with Gasteiger partial charge in [0.2, 0.25) is 0 Å². The molecule has 0 atom stereocenters. The molecule has 102 valence electrons. The van der Waals surface area contributed by atoms with Gasteiger partial charge in [0.25, 0.3) is 0 Å². The van der Waals surface area contributed by atoms with E-state index in [9.17, 15) is 9.90 Å². The SMILES string of the molecule is CC(=O)CN=C1CC(C)(C)Oc2cc(C)cc(O)c21. The number of phenolic OH excluding ortho intramolecular Hbond substituents is 1. The number of carbonyl (C=O) groups is 1. The fraction of sp³-hybridized carbons (Fsp3) is 0.467. The lowest BCUT2D eigenvalue weighted by Gasteiger charge is -2.34. The van der Waals surface area contributed by atoms with E-state index in [1.165, 1.54) is 6.92 Å². The molecule has 1 aliphatic heterocycles. The van der Waals surface area contributed by atoms with E-state index in [2.05, 4.69) is 4.99 Å². The highest BCUT2D eigenvalue weighted by Crippen LogP contribution is 2.39. The number of aliphatic imine (C=N–C) groups is 1. The summed E-state index contributed by atoms with van der Waals surface area (Å²) in [5.74, 6) is 0.800. The van der Waals surface area contributed by atoms with Gasteiger partial charge in [-0.15, -0.1) is 0 Å². The first-order valence-electron chi connectivity index (χ1n) is 6.34. The fourth-order valence-corrected chi connectivity index (χ4v) is 2.27. The van der Waals surface area contributed by atoms with Gasteiger partial charge in [-0.2, -0.15) is 0 Å². The van der Waals surface area contributed by atoms with Crippen molar-refractivity contribution in [2.75, 3.05) is 6.54 Å². The van der Waals surface area contributed by atoms with Crippen molar-refractivity contribution in [1.29, 1.82) is 0 Å². The van der Waals surface area contributed by atoms with Gasteiger partial charge in [0, 0.05) is 6.42 Å². The van der Waals surface area contributed by atoms with Crippen LogP contribution in [0.4, 0.5) is 0 Å². The summed E-state index contributed by atoms with van der Waals surface area (Å²) >= 11 is 0. The number of hydrogen-bond acceptors (Lipinski definition) is 4. The van der Waals surface area contributed by atoms with E-state index in [0.717, 1.165) is 11.3 Å². The molecule has 1 aliphatic rings. The Morgan fingerprint density at radius 1 is 1.47 bits per heavy atom. The topological polar surface area (TPSA) is 58.9 Å². The maximum absolute atomic E-state index is 11.1. The van der Waals surface area contributed by atoms with Crippen molar-refractivity contribution >= 4 is 11.5 Å². The normalized spacial score (nSPS) is 18.8. The molecule has 0 spiro atoms. The molecule has 0 radical (unpaired) electrons. The predicted octanol–water partition coefficient (Wildman–Crippen LogP) is 2.64. The second-order valence-electron chi connectivity index (χ2n) is 5.66. The highest BCUT2D eigenvalue weighted by atomic mass is 16.5. The molecule has 0 saturated carbocycles. The van der Waals surface area contributed by atoms with E-state index < -0.39 is 0 Å². The molecule has 0 unspecified atom stereocenters. The number of rotatable bonds is 2. The number of carbonyl (C=O) groups excluding carboxylic acids is 1. The summed E-state index contributed by atoms with van der Waals surface area (Å²) in [6.45, 7) is 7.48. The average molecular weight is 261 g/mol. The van der Waals surface area contributed by atoms with E-state index in [-0.39, 0.29) is 23.7 Å². The summed E-state index contributed by atoms with van der Waals surface area (Å²) in [6.07, 6.45) is 0.573. The number of ether oxygens (including phenoxy) is 1. The average Bonchev–Trinajstić information content (AvgIpc) is 2.22. The van der Waals surface area contributed by atoms with Crippen LogP contribution >= 0.6 is 0 Å². The molecule has 2 rings (SSSR count). The Balaban J connectivity index is 2.53. The van der Waals surface area contributed by atoms with E-state index in [4.69, 9.17) is 4.74 Å². The van der Waals surface area contributed by atoms with Gasteiger partial charge in [-0.05, 0) is 45.4 Å². The third kappa shape index (κ3) is 2.95. The van der Waals surface area contributed by atoms with Crippen LogP contribution in [0.3, 0.4) is 0 Å². The van der Waals surface area contributed by atoms with Crippen LogP contribution in [-0.2, 0) is 4.79 Å². The summed E-state index contributed by atoms with van der Waals surface area (Å²) in [4.78, 5) is 15.4. The largest absolute Gasteiger partial charge is 0.507 e. The Bertz CT molecular complexity index is 559. The Kier molecular flexibility index (Phi) is 3.35. The van der Waals surface area contributed by atoms with Crippen LogP contribution in [0.1, 0.15) is 38.3 Å². The third-order valence-electron chi connectivity index (χ3n) is 2.99. The number of hydrogen-bond donors (Lipinski definition) is 1. The van der Waals surface area contributed by atoms with Gasteiger partial charge in [-0.25, -0.2) is 0 Å². The minimum atomic E-state index is -0.386. The molecule has 1 aromatic rings.